The summed E-state index contributed by atoms with van der Waals surface area (Å²) in [5.74, 6) is -1.14. The van der Waals surface area contributed by atoms with Crippen LogP contribution in [0.5, 0.6) is 5.75 Å². The first-order valence-electron chi connectivity index (χ1n) is 12.0. The highest BCUT2D eigenvalue weighted by Crippen LogP contribution is 2.39. The Hall–Kier alpha value is -4.97. The van der Waals surface area contributed by atoms with Crippen molar-refractivity contribution in [2.24, 2.45) is 0 Å². The molecular weight excluding hydrogens is 559 g/mol. The Kier molecular flexibility index (Phi) is 7.58. The summed E-state index contributed by atoms with van der Waals surface area (Å²) in [6.45, 7) is 0. The number of methoxy groups -OCH3 is 1. The van der Waals surface area contributed by atoms with Gasteiger partial charge in [0, 0.05) is 16.3 Å². The smallest absolute Gasteiger partial charge is 0.416 e. The third kappa shape index (κ3) is 5.97. The van der Waals surface area contributed by atoms with Crippen molar-refractivity contribution < 1.29 is 36.7 Å². The normalized spacial score (nSPS) is 13.5. The number of ether oxygens (including phenoxy) is 1. The fourth-order valence-electron chi connectivity index (χ4n) is 3.89. The summed E-state index contributed by atoms with van der Waals surface area (Å²) in [4.78, 5) is 40.7. The Bertz CT molecular complexity index is 1620. The Morgan fingerprint density at radius 1 is 0.878 bits per heavy atom. The van der Waals surface area contributed by atoms with Crippen molar-refractivity contribution in [1.82, 2.24) is 0 Å². The second-order valence-corrected chi connectivity index (χ2v) is 9.69. The summed E-state index contributed by atoms with van der Waals surface area (Å²) >= 11 is 0.998. The van der Waals surface area contributed by atoms with Crippen LogP contribution in [0.15, 0.2) is 111 Å². The zero-order valence-electron chi connectivity index (χ0n) is 21.2. The summed E-state index contributed by atoms with van der Waals surface area (Å²) in [7, 11) is 1.51. The molecular formula is C29H20F3N3O5S. The van der Waals surface area contributed by atoms with Gasteiger partial charge in [-0.1, -0.05) is 11.8 Å². The van der Waals surface area contributed by atoms with E-state index in [1.165, 1.54) is 19.4 Å². The van der Waals surface area contributed by atoms with Crippen molar-refractivity contribution in [3.8, 4) is 5.75 Å². The number of benzene rings is 3. The second-order valence-electron chi connectivity index (χ2n) is 8.61. The number of hydrogen-bond acceptors (Lipinski definition) is 7. The zero-order chi connectivity index (χ0) is 29.1. The van der Waals surface area contributed by atoms with Crippen LogP contribution in [0.3, 0.4) is 0 Å². The molecule has 1 aliphatic rings. The average Bonchev–Trinajstić information content (AvgIpc) is 3.58. The minimum atomic E-state index is -4.57. The number of halogens is 3. The van der Waals surface area contributed by atoms with Crippen LogP contribution in [-0.2, 0) is 15.8 Å². The number of furan rings is 1. The molecule has 208 valence electrons. The molecule has 41 heavy (non-hydrogen) atoms. The van der Waals surface area contributed by atoms with Gasteiger partial charge in [0.2, 0.25) is 0 Å². The molecule has 2 heterocycles. The number of nitrogens with one attached hydrogen (secondary N) is 2. The van der Waals surface area contributed by atoms with Gasteiger partial charge in [-0.3, -0.25) is 14.4 Å². The highest BCUT2D eigenvalue weighted by atomic mass is 32.2. The molecule has 3 amide bonds. The maximum Gasteiger partial charge on any atom is 0.416 e. The minimum absolute atomic E-state index is 0.00591. The van der Waals surface area contributed by atoms with E-state index in [9.17, 15) is 27.6 Å². The monoisotopic (exact) mass is 579 g/mol. The van der Waals surface area contributed by atoms with Gasteiger partial charge in [0.15, 0.2) is 5.76 Å². The van der Waals surface area contributed by atoms with Gasteiger partial charge in [0.25, 0.3) is 17.7 Å². The lowest BCUT2D eigenvalue weighted by Gasteiger charge is -2.16. The van der Waals surface area contributed by atoms with E-state index in [0.29, 0.717) is 22.0 Å². The predicted molar refractivity (Wildman–Crippen MR) is 147 cm³/mol. The number of rotatable bonds is 8. The molecule has 0 radical (unpaired) electrons. The Morgan fingerprint density at radius 3 is 2.12 bits per heavy atom. The minimum Gasteiger partial charge on any atom is -0.497 e. The number of hydrogen-bond donors (Lipinski definition) is 2. The highest BCUT2D eigenvalue weighted by Gasteiger charge is 2.41. The van der Waals surface area contributed by atoms with Crippen molar-refractivity contribution >= 4 is 46.5 Å². The van der Waals surface area contributed by atoms with E-state index in [0.717, 1.165) is 40.9 Å². The van der Waals surface area contributed by atoms with E-state index in [1.54, 1.807) is 54.6 Å². The van der Waals surface area contributed by atoms with Crippen LogP contribution in [0.4, 0.5) is 30.2 Å². The van der Waals surface area contributed by atoms with Gasteiger partial charge in [-0.25, -0.2) is 4.90 Å². The number of anilines is 3. The van der Waals surface area contributed by atoms with Gasteiger partial charge in [-0.05, 0) is 84.9 Å². The summed E-state index contributed by atoms with van der Waals surface area (Å²) in [6.07, 6.45) is -3.19. The number of imide groups is 1. The van der Waals surface area contributed by atoms with Crippen molar-refractivity contribution in [2.45, 2.75) is 11.1 Å². The molecule has 2 N–H and O–H groups in total. The fraction of sp³-hybridized carbons (Fsp3) is 0.0690. The van der Waals surface area contributed by atoms with E-state index in [2.05, 4.69) is 10.6 Å². The fourth-order valence-corrected chi connectivity index (χ4v) is 4.82. The van der Waals surface area contributed by atoms with Crippen molar-refractivity contribution in [3.63, 3.8) is 0 Å². The lowest BCUT2D eigenvalue weighted by molar-refractivity contribution is -0.137. The molecule has 12 heteroatoms. The maximum absolute atomic E-state index is 13.5. The van der Waals surface area contributed by atoms with Gasteiger partial charge in [-0.15, -0.1) is 0 Å². The van der Waals surface area contributed by atoms with Crippen LogP contribution >= 0.6 is 11.8 Å². The first kappa shape index (κ1) is 27.6. The molecule has 0 fully saturated rings. The molecule has 0 unspecified atom stereocenters. The van der Waals surface area contributed by atoms with E-state index in [4.69, 9.17) is 9.15 Å². The van der Waals surface area contributed by atoms with Crippen LogP contribution in [-0.4, -0.2) is 24.8 Å². The van der Waals surface area contributed by atoms with Gasteiger partial charge < -0.3 is 19.8 Å². The molecule has 0 saturated heterocycles. The summed E-state index contributed by atoms with van der Waals surface area (Å²) in [5.41, 5.74) is 0.0133. The lowest BCUT2D eigenvalue weighted by atomic mass is 10.2. The van der Waals surface area contributed by atoms with Crippen LogP contribution < -0.4 is 20.3 Å². The van der Waals surface area contributed by atoms with Crippen molar-refractivity contribution in [1.29, 1.82) is 0 Å². The van der Waals surface area contributed by atoms with Gasteiger partial charge in [0.05, 0.1) is 24.6 Å². The molecule has 0 atom stereocenters. The third-order valence-corrected chi connectivity index (χ3v) is 7.02. The van der Waals surface area contributed by atoms with Crippen LogP contribution in [0.2, 0.25) is 0 Å². The number of nitrogens with zero attached hydrogens (tertiary/aromatic N) is 1. The number of carbonyl (C=O) groups is 3. The van der Waals surface area contributed by atoms with Crippen LogP contribution in [0, 0.1) is 0 Å². The third-order valence-electron chi connectivity index (χ3n) is 5.93. The quantitative estimate of drug-likeness (QED) is 0.228. The summed E-state index contributed by atoms with van der Waals surface area (Å²) in [6, 6.07) is 20.1. The van der Waals surface area contributed by atoms with Crippen LogP contribution in [0.1, 0.15) is 16.1 Å². The molecule has 1 aliphatic heterocycles. The second kappa shape index (κ2) is 11.3. The van der Waals surface area contributed by atoms with E-state index >= 15 is 0 Å². The molecule has 0 spiro atoms. The Balaban J connectivity index is 1.42. The van der Waals surface area contributed by atoms with Crippen molar-refractivity contribution in [3.05, 3.63) is 113 Å². The molecule has 0 saturated carbocycles. The first-order chi connectivity index (χ1) is 19.6. The molecule has 0 aliphatic carbocycles. The highest BCUT2D eigenvalue weighted by molar-refractivity contribution is 8.04. The Morgan fingerprint density at radius 2 is 1.54 bits per heavy atom. The lowest BCUT2D eigenvalue weighted by Crippen LogP contribution is -2.32. The van der Waals surface area contributed by atoms with Gasteiger partial charge >= 0.3 is 6.18 Å². The standard InChI is InChI=1S/C29H20F3N3O5S/c1-39-21-12-6-18(7-13-21)33-24-25(28(38)35(27(24)37)20-10-4-17(5-11-20)29(30,31)32)41-22-14-8-19(9-15-22)34-26(36)23-3-2-16-40-23/h2-16,33H,1H3,(H,34,36). The molecule has 0 bridgehead atoms. The van der Waals surface area contributed by atoms with Gasteiger partial charge in [0.1, 0.15) is 16.4 Å². The molecule has 1 aromatic heterocycles. The molecule has 4 aromatic rings. The van der Waals surface area contributed by atoms with E-state index in [1.807, 2.05) is 0 Å². The van der Waals surface area contributed by atoms with Crippen LogP contribution in [0.25, 0.3) is 0 Å². The number of amides is 3. The SMILES string of the molecule is COc1ccc(NC2=C(Sc3ccc(NC(=O)c4ccco4)cc3)C(=O)N(c3ccc(C(F)(F)F)cc3)C2=O)cc1. The summed E-state index contributed by atoms with van der Waals surface area (Å²) < 4.78 is 49.5. The summed E-state index contributed by atoms with van der Waals surface area (Å²) in [5, 5.41) is 5.66. The van der Waals surface area contributed by atoms with Gasteiger partial charge in [-0.2, -0.15) is 13.2 Å². The number of alkyl halides is 3. The van der Waals surface area contributed by atoms with E-state index in [-0.39, 0.29) is 22.0 Å². The molecule has 3 aromatic carbocycles. The largest absolute Gasteiger partial charge is 0.497 e. The number of thioether (sulfide) groups is 1. The van der Waals surface area contributed by atoms with Crippen molar-refractivity contribution in [2.75, 3.05) is 22.6 Å². The number of carbonyl (C=O) groups excluding carboxylic acids is 3. The first-order valence-corrected chi connectivity index (χ1v) is 12.8. The topological polar surface area (TPSA) is 101 Å². The average molecular weight is 580 g/mol. The predicted octanol–water partition coefficient (Wildman–Crippen LogP) is 6.55. The zero-order valence-corrected chi connectivity index (χ0v) is 22.0. The molecule has 8 nitrogen and oxygen atoms in total. The van der Waals surface area contributed by atoms with E-state index < -0.39 is 29.5 Å². The Labute approximate surface area is 235 Å². The molecule has 5 rings (SSSR count). The maximum atomic E-state index is 13.5.